The van der Waals surface area contributed by atoms with Crippen molar-refractivity contribution in [1.82, 2.24) is 9.55 Å². The molecule has 0 radical (unpaired) electrons. The lowest BCUT2D eigenvalue weighted by Crippen LogP contribution is -2.11. The van der Waals surface area contributed by atoms with Crippen LogP contribution < -0.4 is 0 Å². The second kappa shape index (κ2) is 3.50. The highest BCUT2D eigenvalue weighted by Gasteiger charge is 2.20. The van der Waals surface area contributed by atoms with Gasteiger partial charge in [-0.15, -0.1) is 0 Å². The fourth-order valence-electron chi connectivity index (χ4n) is 1.80. The summed E-state index contributed by atoms with van der Waals surface area (Å²) in [6.07, 6.45) is 6.40. The van der Waals surface area contributed by atoms with Gasteiger partial charge in [0.05, 0.1) is 0 Å². The summed E-state index contributed by atoms with van der Waals surface area (Å²) in [5.41, 5.74) is 0. The minimum absolute atomic E-state index is 0.236. The van der Waals surface area contributed by atoms with Crippen molar-refractivity contribution in [2.24, 2.45) is 0 Å². The second-order valence-electron chi connectivity index (χ2n) is 3.82. The maximum atomic E-state index is 5.61. The molecule has 3 heteroatoms. The normalized spacial score (nSPS) is 22.8. The highest BCUT2D eigenvalue weighted by Crippen LogP contribution is 2.26. The Bertz CT molecular complexity index is 274. The van der Waals surface area contributed by atoms with Gasteiger partial charge < -0.3 is 9.30 Å². The quantitative estimate of drug-likeness (QED) is 0.698. The Morgan fingerprint density at radius 2 is 2.46 bits per heavy atom. The molecular formula is C10H16N2O. The summed E-state index contributed by atoms with van der Waals surface area (Å²) in [6.45, 7) is 5.21. The van der Waals surface area contributed by atoms with Gasteiger partial charge >= 0.3 is 0 Å². The maximum Gasteiger partial charge on any atom is 0.135 e. The molecule has 2 heterocycles. The van der Waals surface area contributed by atoms with Crippen LogP contribution in [0, 0.1) is 0 Å². The SMILES string of the molecule is CC(C)c1nccn1C1CCCO1. The van der Waals surface area contributed by atoms with Crippen molar-refractivity contribution in [2.45, 2.75) is 38.8 Å². The molecule has 0 amide bonds. The fourth-order valence-corrected chi connectivity index (χ4v) is 1.80. The van der Waals surface area contributed by atoms with Crippen LogP contribution >= 0.6 is 0 Å². The molecule has 0 bridgehead atoms. The lowest BCUT2D eigenvalue weighted by molar-refractivity contribution is 0.0537. The first-order valence-corrected chi connectivity index (χ1v) is 4.93. The Balaban J connectivity index is 2.23. The van der Waals surface area contributed by atoms with E-state index in [1.54, 1.807) is 0 Å². The molecule has 13 heavy (non-hydrogen) atoms. The molecule has 1 unspecified atom stereocenters. The highest BCUT2D eigenvalue weighted by atomic mass is 16.5. The van der Waals surface area contributed by atoms with E-state index in [9.17, 15) is 0 Å². The molecule has 3 nitrogen and oxygen atoms in total. The Hall–Kier alpha value is -0.830. The van der Waals surface area contributed by atoms with Gasteiger partial charge in [-0.3, -0.25) is 0 Å². The third-order valence-electron chi connectivity index (χ3n) is 2.43. The Morgan fingerprint density at radius 1 is 1.62 bits per heavy atom. The molecule has 1 saturated heterocycles. The van der Waals surface area contributed by atoms with Gasteiger partial charge in [0.15, 0.2) is 0 Å². The van der Waals surface area contributed by atoms with Crippen LogP contribution in [0.4, 0.5) is 0 Å². The molecule has 1 aromatic rings. The maximum absolute atomic E-state index is 5.61. The van der Waals surface area contributed by atoms with E-state index in [1.165, 1.54) is 6.42 Å². The van der Waals surface area contributed by atoms with Crippen LogP contribution in [-0.2, 0) is 4.74 Å². The van der Waals surface area contributed by atoms with Crippen molar-refractivity contribution in [3.05, 3.63) is 18.2 Å². The van der Waals surface area contributed by atoms with Gasteiger partial charge in [-0.25, -0.2) is 4.98 Å². The zero-order chi connectivity index (χ0) is 9.26. The van der Waals surface area contributed by atoms with Gasteiger partial charge in [0.1, 0.15) is 12.1 Å². The van der Waals surface area contributed by atoms with Gasteiger partial charge in [0, 0.05) is 24.9 Å². The lowest BCUT2D eigenvalue weighted by atomic mass is 10.2. The highest BCUT2D eigenvalue weighted by molar-refractivity contribution is 4.99. The topological polar surface area (TPSA) is 27.1 Å². The fraction of sp³-hybridized carbons (Fsp3) is 0.700. The van der Waals surface area contributed by atoms with E-state index in [2.05, 4.69) is 23.4 Å². The first kappa shape index (κ1) is 8.75. The van der Waals surface area contributed by atoms with Crippen LogP contribution in [-0.4, -0.2) is 16.2 Å². The molecule has 2 rings (SSSR count). The van der Waals surface area contributed by atoms with Crippen molar-refractivity contribution < 1.29 is 4.74 Å². The van der Waals surface area contributed by atoms with Crippen molar-refractivity contribution in [3.63, 3.8) is 0 Å². The van der Waals surface area contributed by atoms with E-state index >= 15 is 0 Å². The summed E-state index contributed by atoms with van der Waals surface area (Å²) < 4.78 is 7.78. The number of nitrogens with zero attached hydrogens (tertiary/aromatic N) is 2. The standard InChI is InChI=1S/C10H16N2O/c1-8(2)10-11-5-6-12(10)9-4-3-7-13-9/h5-6,8-9H,3-4,7H2,1-2H3. The molecular weight excluding hydrogens is 164 g/mol. The minimum Gasteiger partial charge on any atom is -0.358 e. The first-order chi connectivity index (χ1) is 6.29. The number of hydrogen-bond donors (Lipinski definition) is 0. The molecule has 1 aliphatic heterocycles. The average Bonchev–Trinajstić information content (AvgIpc) is 2.74. The number of ether oxygens (including phenoxy) is 1. The minimum atomic E-state index is 0.236. The number of aromatic nitrogens is 2. The summed E-state index contributed by atoms with van der Waals surface area (Å²) in [4.78, 5) is 4.34. The monoisotopic (exact) mass is 180 g/mol. The Kier molecular flexibility index (Phi) is 2.36. The summed E-state index contributed by atoms with van der Waals surface area (Å²) >= 11 is 0. The van der Waals surface area contributed by atoms with E-state index in [-0.39, 0.29) is 6.23 Å². The van der Waals surface area contributed by atoms with Crippen molar-refractivity contribution in [3.8, 4) is 0 Å². The summed E-state index contributed by atoms with van der Waals surface area (Å²) in [7, 11) is 0. The van der Waals surface area contributed by atoms with E-state index in [1.807, 2.05) is 12.4 Å². The van der Waals surface area contributed by atoms with Gasteiger partial charge in [0.2, 0.25) is 0 Å². The van der Waals surface area contributed by atoms with E-state index in [0.29, 0.717) is 5.92 Å². The van der Waals surface area contributed by atoms with Crippen molar-refractivity contribution in [1.29, 1.82) is 0 Å². The number of rotatable bonds is 2. The smallest absolute Gasteiger partial charge is 0.135 e. The number of imidazole rings is 1. The van der Waals surface area contributed by atoms with Crippen LogP contribution in [0.5, 0.6) is 0 Å². The van der Waals surface area contributed by atoms with E-state index in [4.69, 9.17) is 4.74 Å². The molecule has 72 valence electrons. The van der Waals surface area contributed by atoms with Gasteiger partial charge in [-0.2, -0.15) is 0 Å². The molecule has 0 N–H and O–H groups in total. The largest absolute Gasteiger partial charge is 0.358 e. The molecule has 1 atom stereocenters. The molecule has 1 aliphatic rings. The summed E-state index contributed by atoms with van der Waals surface area (Å²) in [5.74, 6) is 1.60. The van der Waals surface area contributed by atoms with Crippen LogP contribution in [0.2, 0.25) is 0 Å². The molecule has 0 saturated carbocycles. The van der Waals surface area contributed by atoms with E-state index in [0.717, 1.165) is 18.9 Å². The predicted octanol–water partition coefficient (Wildman–Crippen LogP) is 2.32. The average molecular weight is 180 g/mol. The van der Waals surface area contributed by atoms with Gasteiger partial charge in [-0.1, -0.05) is 13.8 Å². The third kappa shape index (κ3) is 1.61. The van der Waals surface area contributed by atoms with Crippen molar-refractivity contribution in [2.75, 3.05) is 6.61 Å². The number of hydrogen-bond acceptors (Lipinski definition) is 2. The first-order valence-electron chi connectivity index (χ1n) is 4.93. The molecule has 1 aromatic heterocycles. The second-order valence-corrected chi connectivity index (χ2v) is 3.82. The van der Waals surface area contributed by atoms with Gasteiger partial charge in [-0.05, 0) is 12.8 Å². The Labute approximate surface area is 78.7 Å². The zero-order valence-corrected chi connectivity index (χ0v) is 8.23. The molecule has 0 aromatic carbocycles. The van der Waals surface area contributed by atoms with Gasteiger partial charge in [0.25, 0.3) is 0 Å². The third-order valence-corrected chi connectivity index (χ3v) is 2.43. The van der Waals surface area contributed by atoms with Crippen LogP contribution in [0.1, 0.15) is 44.7 Å². The van der Waals surface area contributed by atoms with Crippen LogP contribution in [0.15, 0.2) is 12.4 Å². The van der Waals surface area contributed by atoms with Crippen LogP contribution in [0.3, 0.4) is 0 Å². The molecule has 1 fully saturated rings. The summed E-state index contributed by atoms with van der Waals surface area (Å²) in [5, 5.41) is 0. The Morgan fingerprint density at radius 3 is 3.08 bits per heavy atom. The van der Waals surface area contributed by atoms with Crippen molar-refractivity contribution >= 4 is 0 Å². The molecule has 0 spiro atoms. The summed E-state index contributed by atoms with van der Waals surface area (Å²) in [6, 6.07) is 0. The zero-order valence-electron chi connectivity index (χ0n) is 8.23. The molecule has 0 aliphatic carbocycles. The lowest BCUT2D eigenvalue weighted by Gasteiger charge is -2.16. The van der Waals surface area contributed by atoms with E-state index < -0.39 is 0 Å². The predicted molar refractivity (Wildman–Crippen MR) is 50.5 cm³/mol. The van der Waals surface area contributed by atoms with Crippen LogP contribution in [0.25, 0.3) is 0 Å².